The number of methoxy groups -OCH3 is 1. The standard InChI is InChI=1S/C21H27N3O2/c1-16-5-4-6-20(17(16)2)23-11-13-24(14-12-23)21(25)22-15-18-7-9-19(26-3)10-8-18/h4-10H,11-15H2,1-3H3,(H,22,25). The minimum atomic E-state index is 0.00133. The van der Waals surface area contributed by atoms with Crippen LogP contribution in [0.2, 0.25) is 0 Å². The smallest absolute Gasteiger partial charge is 0.317 e. The number of amides is 2. The van der Waals surface area contributed by atoms with E-state index < -0.39 is 0 Å². The lowest BCUT2D eigenvalue weighted by Crippen LogP contribution is -2.51. The molecule has 0 unspecified atom stereocenters. The zero-order chi connectivity index (χ0) is 18.5. The highest BCUT2D eigenvalue weighted by Gasteiger charge is 2.22. The van der Waals surface area contributed by atoms with Crippen LogP contribution in [0.5, 0.6) is 5.75 Å². The van der Waals surface area contributed by atoms with Crippen LogP contribution in [0.4, 0.5) is 10.5 Å². The lowest BCUT2D eigenvalue weighted by atomic mass is 10.1. The van der Waals surface area contributed by atoms with Crippen LogP contribution < -0.4 is 15.0 Å². The van der Waals surface area contributed by atoms with Gasteiger partial charge in [0.25, 0.3) is 0 Å². The second-order valence-corrected chi connectivity index (χ2v) is 6.70. The highest BCUT2D eigenvalue weighted by Crippen LogP contribution is 2.23. The maximum atomic E-state index is 12.4. The van der Waals surface area contributed by atoms with Gasteiger partial charge < -0.3 is 19.9 Å². The third-order valence-corrected chi connectivity index (χ3v) is 5.09. The Kier molecular flexibility index (Phi) is 5.66. The van der Waals surface area contributed by atoms with Gasteiger partial charge in [-0.15, -0.1) is 0 Å². The maximum absolute atomic E-state index is 12.4. The quantitative estimate of drug-likeness (QED) is 0.917. The second kappa shape index (κ2) is 8.13. The molecule has 1 fully saturated rings. The Hall–Kier alpha value is -2.69. The van der Waals surface area contributed by atoms with Crippen molar-refractivity contribution in [1.29, 1.82) is 0 Å². The Labute approximate surface area is 155 Å². The molecule has 2 amide bonds. The summed E-state index contributed by atoms with van der Waals surface area (Å²) in [6, 6.07) is 14.2. The minimum absolute atomic E-state index is 0.00133. The molecule has 1 heterocycles. The van der Waals surface area contributed by atoms with E-state index in [1.54, 1.807) is 7.11 Å². The van der Waals surface area contributed by atoms with Crippen molar-refractivity contribution in [2.24, 2.45) is 0 Å². The van der Waals surface area contributed by atoms with Crippen molar-refractivity contribution < 1.29 is 9.53 Å². The summed E-state index contributed by atoms with van der Waals surface area (Å²) in [5.74, 6) is 0.822. The van der Waals surface area contributed by atoms with E-state index in [9.17, 15) is 4.79 Å². The van der Waals surface area contributed by atoms with Crippen LogP contribution in [-0.4, -0.2) is 44.2 Å². The van der Waals surface area contributed by atoms with Gasteiger partial charge in [0.1, 0.15) is 5.75 Å². The van der Waals surface area contributed by atoms with E-state index in [0.29, 0.717) is 6.54 Å². The number of piperazine rings is 1. The molecule has 3 rings (SSSR count). The molecular weight excluding hydrogens is 326 g/mol. The van der Waals surface area contributed by atoms with Gasteiger partial charge >= 0.3 is 6.03 Å². The highest BCUT2D eigenvalue weighted by molar-refractivity contribution is 5.74. The molecule has 26 heavy (non-hydrogen) atoms. The van der Waals surface area contributed by atoms with Crippen molar-refractivity contribution in [2.75, 3.05) is 38.2 Å². The number of carbonyl (C=O) groups excluding carboxylic acids is 1. The predicted octanol–water partition coefficient (Wildman–Crippen LogP) is 3.34. The molecule has 138 valence electrons. The molecule has 0 atom stereocenters. The minimum Gasteiger partial charge on any atom is -0.497 e. The number of nitrogens with zero attached hydrogens (tertiary/aromatic N) is 2. The number of anilines is 1. The Balaban J connectivity index is 1.51. The summed E-state index contributed by atoms with van der Waals surface area (Å²) < 4.78 is 5.15. The summed E-state index contributed by atoms with van der Waals surface area (Å²) in [5.41, 5.74) is 4.98. The largest absolute Gasteiger partial charge is 0.497 e. The molecule has 0 spiro atoms. The highest BCUT2D eigenvalue weighted by atomic mass is 16.5. The molecule has 5 nitrogen and oxygen atoms in total. The number of rotatable bonds is 4. The fourth-order valence-corrected chi connectivity index (χ4v) is 3.26. The predicted molar refractivity (Wildman–Crippen MR) is 105 cm³/mol. The van der Waals surface area contributed by atoms with Crippen LogP contribution >= 0.6 is 0 Å². The Morgan fingerprint density at radius 1 is 1.04 bits per heavy atom. The first-order valence-corrected chi connectivity index (χ1v) is 9.05. The lowest BCUT2D eigenvalue weighted by Gasteiger charge is -2.37. The number of ether oxygens (including phenoxy) is 1. The molecule has 1 aliphatic rings. The average molecular weight is 353 g/mol. The molecule has 1 N–H and O–H groups in total. The van der Waals surface area contributed by atoms with Gasteiger partial charge in [-0.05, 0) is 48.7 Å². The number of hydrogen-bond donors (Lipinski definition) is 1. The van der Waals surface area contributed by atoms with Crippen molar-refractivity contribution in [3.63, 3.8) is 0 Å². The van der Waals surface area contributed by atoms with Crippen molar-refractivity contribution in [3.05, 3.63) is 59.2 Å². The van der Waals surface area contributed by atoms with Crippen LogP contribution in [0.25, 0.3) is 0 Å². The maximum Gasteiger partial charge on any atom is 0.317 e. The van der Waals surface area contributed by atoms with Crippen LogP contribution in [0.1, 0.15) is 16.7 Å². The van der Waals surface area contributed by atoms with Gasteiger partial charge in [0.2, 0.25) is 0 Å². The van der Waals surface area contributed by atoms with Gasteiger partial charge in [0, 0.05) is 38.4 Å². The monoisotopic (exact) mass is 353 g/mol. The van der Waals surface area contributed by atoms with Gasteiger partial charge in [0.15, 0.2) is 0 Å². The molecule has 2 aromatic carbocycles. The molecule has 0 aromatic heterocycles. The molecule has 1 saturated heterocycles. The van der Waals surface area contributed by atoms with Crippen molar-refractivity contribution in [1.82, 2.24) is 10.2 Å². The van der Waals surface area contributed by atoms with E-state index in [4.69, 9.17) is 4.74 Å². The fraction of sp³-hybridized carbons (Fsp3) is 0.381. The van der Waals surface area contributed by atoms with Gasteiger partial charge in [-0.25, -0.2) is 4.79 Å². The normalized spacial score (nSPS) is 14.3. The average Bonchev–Trinajstić information content (AvgIpc) is 2.69. The summed E-state index contributed by atoms with van der Waals surface area (Å²) in [7, 11) is 1.65. The van der Waals surface area contributed by atoms with E-state index in [0.717, 1.165) is 37.5 Å². The molecule has 1 aliphatic heterocycles. The summed E-state index contributed by atoms with van der Waals surface area (Å²) in [4.78, 5) is 16.7. The van der Waals surface area contributed by atoms with Gasteiger partial charge in [-0.1, -0.05) is 24.3 Å². The third-order valence-electron chi connectivity index (χ3n) is 5.09. The zero-order valence-corrected chi connectivity index (χ0v) is 15.8. The molecule has 2 aromatic rings. The van der Waals surface area contributed by atoms with Crippen LogP contribution in [0.3, 0.4) is 0 Å². The number of urea groups is 1. The first kappa shape index (κ1) is 18.1. The zero-order valence-electron chi connectivity index (χ0n) is 15.8. The summed E-state index contributed by atoms with van der Waals surface area (Å²) in [6.07, 6.45) is 0. The number of nitrogens with one attached hydrogen (secondary N) is 1. The summed E-state index contributed by atoms with van der Waals surface area (Å²) >= 11 is 0. The van der Waals surface area contributed by atoms with E-state index >= 15 is 0 Å². The van der Waals surface area contributed by atoms with Crippen molar-refractivity contribution >= 4 is 11.7 Å². The fourth-order valence-electron chi connectivity index (χ4n) is 3.26. The molecule has 5 heteroatoms. The van der Waals surface area contributed by atoms with Gasteiger partial charge in [-0.3, -0.25) is 0 Å². The molecule has 0 aliphatic carbocycles. The second-order valence-electron chi connectivity index (χ2n) is 6.70. The number of hydrogen-bond acceptors (Lipinski definition) is 3. The van der Waals surface area contributed by atoms with Crippen molar-refractivity contribution in [3.8, 4) is 5.75 Å². The van der Waals surface area contributed by atoms with E-state index in [1.807, 2.05) is 29.2 Å². The Bertz CT molecular complexity index is 750. The number of carbonyl (C=O) groups is 1. The molecule has 0 radical (unpaired) electrons. The first-order chi connectivity index (χ1) is 12.6. The first-order valence-electron chi connectivity index (χ1n) is 9.05. The Morgan fingerprint density at radius 3 is 2.38 bits per heavy atom. The van der Waals surface area contributed by atoms with Crippen LogP contribution in [0.15, 0.2) is 42.5 Å². The van der Waals surface area contributed by atoms with Crippen molar-refractivity contribution in [2.45, 2.75) is 20.4 Å². The summed E-state index contributed by atoms with van der Waals surface area (Å²) in [5, 5.41) is 3.01. The van der Waals surface area contributed by atoms with Gasteiger partial charge in [-0.2, -0.15) is 0 Å². The van der Waals surface area contributed by atoms with E-state index in [2.05, 4.69) is 42.3 Å². The number of benzene rings is 2. The number of aryl methyl sites for hydroxylation is 1. The van der Waals surface area contributed by atoms with Crippen LogP contribution in [0, 0.1) is 13.8 Å². The van der Waals surface area contributed by atoms with E-state index in [1.165, 1.54) is 16.8 Å². The summed E-state index contributed by atoms with van der Waals surface area (Å²) in [6.45, 7) is 8.03. The van der Waals surface area contributed by atoms with Crippen LogP contribution in [-0.2, 0) is 6.54 Å². The lowest BCUT2D eigenvalue weighted by molar-refractivity contribution is 0.194. The van der Waals surface area contributed by atoms with Gasteiger partial charge in [0.05, 0.1) is 7.11 Å². The van der Waals surface area contributed by atoms with E-state index in [-0.39, 0.29) is 6.03 Å². The topological polar surface area (TPSA) is 44.8 Å². The molecule has 0 bridgehead atoms. The molecular formula is C21H27N3O2. The molecule has 0 saturated carbocycles. The SMILES string of the molecule is COc1ccc(CNC(=O)N2CCN(c3cccc(C)c3C)CC2)cc1. The Morgan fingerprint density at radius 2 is 1.73 bits per heavy atom. The third kappa shape index (κ3) is 4.10.